The molecule has 3 nitrogen and oxygen atoms in total. The molecule has 1 unspecified atom stereocenters. The smallest absolute Gasteiger partial charge is 0.118 e. The molecule has 0 saturated carbocycles. The molecule has 0 spiro atoms. The lowest BCUT2D eigenvalue weighted by atomic mass is 9.94. The van der Waals surface area contributed by atoms with Gasteiger partial charge < -0.3 is 10.2 Å². The minimum Gasteiger partial charge on any atom is -0.465 e. The van der Waals surface area contributed by atoms with E-state index in [2.05, 4.69) is 31.9 Å². The summed E-state index contributed by atoms with van der Waals surface area (Å²) in [5.41, 5.74) is 5.83. The molecule has 3 heteroatoms. The summed E-state index contributed by atoms with van der Waals surface area (Å²) in [5, 5.41) is 0. The van der Waals surface area contributed by atoms with E-state index in [1.807, 2.05) is 13.0 Å². The van der Waals surface area contributed by atoms with Gasteiger partial charge >= 0.3 is 0 Å². The number of hydrogen-bond acceptors (Lipinski definition) is 3. The molecular weight excluding hydrogens is 224 g/mol. The van der Waals surface area contributed by atoms with Gasteiger partial charge in [0.25, 0.3) is 0 Å². The molecule has 0 saturated heterocycles. The van der Waals surface area contributed by atoms with Crippen LogP contribution < -0.4 is 5.73 Å². The zero-order valence-electron chi connectivity index (χ0n) is 12.3. The van der Waals surface area contributed by atoms with E-state index in [1.54, 1.807) is 0 Å². The maximum atomic E-state index is 5.83. The summed E-state index contributed by atoms with van der Waals surface area (Å²) < 4.78 is 5.59. The fourth-order valence-corrected chi connectivity index (χ4v) is 2.32. The molecule has 2 N–H and O–H groups in total. The first-order valence-electron chi connectivity index (χ1n) is 6.95. The van der Waals surface area contributed by atoms with Gasteiger partial charge in [0, 0.05) is 0 Å². The van der Waals surface area contributed by atoms with Crippen molar-refractivity contribution in [3.05, 3.63) is 23.7 Å². The molecule has 0 aliphatic carbocycles. The van der Waals surface area contributed by atoms with Gasteiger partial charge in [-0.1, -0.05) is 13.8 Å². The third-order valence-electron chi connectivity index (χ3n) is 3.28. The third kappa shape index (κ3) is 5.69. The zero-order valence-corrected chi connectivity index (χ0v) is 12.3. The van der Waals surface area contributed by atoms with Crippen molar-refractivity contribution in [2.45, 2.75) is 40.2 Å². The van der Waals surface area contributed by atoms with Crippen molar-refractivity contribution >= 4 is 0 Å². The van der Waals surface area contributed by atoms with Gasteiger partial charge in [-0.25, -0.2) is 0 Å². The number of rotatable bonds is 8. The van der Waals surface area contributed by atoms with E-state index in [1.165, 1.54) is 12.8 Å². The summed E-state index contributed by atoms with van der Waals surface area (Å²) >= 11 is 0. The van der Waals surface area contributed by atoms with Crippen LogP contribution in [0, 0.1) is 18.8 Å². The molecule has 0 aromatic carbocycles. The maximum Gasteiger partial charge on any atom is 0.118 e. The molecule has 0 fully saturated rings. The van der Waals surface area contributed by atoms with Crippen LogP contribution in [-0.4, -0.2) is 25.0 Å². The summed E-state index contributed by atoms with van der Waals surface area (Å²) in [6.45, 7) is 9.26. The highest BCUT2D eigenvalue weighted by Crippen LogP contribution is 2.15. The summed E-state index contributed by atoms with van der Waals surface area (Å²) in [6.07, 6.45) is 2.40. The quantitative estimate of drug-likeness (QED) is 0.773. The first-order chi connectivity index (χ1) is 8.51. The second kappa shape index (κ2) is 7.59. The number of nitrogens with zero attached hydrogens (tertiary/aromatic N) is 1. The number of hydrogen-bond donors (Lipinski definition) is 1. The van der Waals surface area contributed by atoms with Gasteiger partial charge in [-0.2, -0.15) is 0 Å². The molecule has 18 heavy (non-hydrogen) atoms. The van der Waals surface area contributed by atoms with Crippen molar-refractivity contribution in [1.82, 2.24) is 4.90 Å². The number of aryl methyl sites for hydroxylation is 1. The van der Waals surface area contributed by atoms with Crippen molar-refractivity contribution in [1.29, 1.82) is 0 Å². The van der Waals surface area contributed by atoms with Gasteiger partial charge in [-0.3, -0.25) is 4.90 Å². The maximum absolute atomic E-state index is 5.83. The largest absolute Gasteiger partial charge is 0.465 e. The van der Waals surface area contributed by atoms with Crippen LogP contribution in [-0.2, 0) is 6.54 Å². The first kappa shape index (κ1) is 15.3. The summed E-state index contributed by atoms with van der Waals surface area (Å²) in [4.78, 5) is 2.31. The Balaban J connectivity index is 2.29. The topological polar surface area (TPSA) is 42.4 Å². The average Bonchev–Trinajstić information content (AvgIpc) is 2.69. The lowest BCUT2D eigenvalue weighted by molar-refractivity contribution is 0.259. The predicted octanol–water partition coefficient (Wildman–Crippen LogP) is 3.03. The molecular formula is C15H28N2O. The van der Waals surface area contributed by atoms with Crippen molar-refractivity contribution in [2.24, 2.45) is 17.6 Å². The van der Waals surface area contributed by atoms with Crippen molar-refractivity contribution in [3.63, 3.8) is 0 Å². The Bertz CT molecular complexity index is 333. The molecule has 1 atom stereocenters. The van der Waals surface area contributed by atoms with Gasteiger partial charge in [0.1, 0.15) is 11.5 Å². The number of nitrogens with two attached hydrogens (primary N) is 1. The standard InChI is InChI=1S/C15H28N2O/c1-12(2)9-14(10-16)7-8-17(4)11-15-6-5-13(3)18-15/h5-6,12,14H,7-11,16H2,1-4H3. The summed E-state index contributed by atoms with van der Waals surface area (Å²) in [7, 11) is 2.14. The Morgan fingerprint density at radius 3 is 2.56 bits per heavy atom. The van der Waals surface area contributed by atoms with E-state index >= 15 is 0 Å². The van der Waals surface area contributed by atoms with E-state index in [9.17, 15) is 0 Å². The lowest BCUT2D eigenvalue weighted by Crippen LogP contribution is -2.25. The Morgan fingerprint density at radius 1 is 1.33 bits per heavy atom. The van der Waals surface area contributed by atoms with Crippen LogP contribution in [0.25, 0.3) is 0 Å². The Morgan fingerprint density at radius 2 is 2.06 bits per heavy atom. The Labute approximate surface area is 111 Å². The first-order valence-corrected chi connectivity index (χ1v) is 6.95. The highest BCUT2D eigenvalue weighted by Gasteiger charge is 2.11. The monoisotopic (exact) mass is 252 g/mol. The second-order valence-electron chi connectivity index (χ2n) is 5.77. The molecule has 0 radical (unpaired) electrons. The van der Waals surface area contributed by atoms with Crippen molar-refractivity contribution in [2.75, 3.05) is 20.1 Å². The van der Waals surface area contributed by atoms with Crippen LogP contribution in [0.3, 0.4) is 0 Å². The third-order valence-corrected chi connectivity index (χ3v) is 3.28. The average molecular weight is 252 g/mol. The van der Waals surface area contributed by atoms with E-state index in [4.69, 9.17) is 10.2 Å². The molecule has 1 rings (SSSR count). The van der Waals surface area contributed by atoms with Gasteiger partial charge in [-0.15, -0.1) is 0 Å². The zero-order chi connectivity index (χ0) is 13.5. The van der Waals surface area contributed by atoms with Gasteiger partial charge in [0.15, 0.2) is 0 Å². The highest BCUT2D eigenvalue weighted by molar-refractivity contribution is 5.05. The molecule has 0 amide bonds. The molecule has 0 aliphatic rings. The van der Waals surface area contributed by atoms with Gasteiger partial charge in [0.05, 0.1) is 6.54 Å². The Kier molecular flexibility index (Phi) is 6.44. The molecule has 104 valence electrons. The normalized spacial score (nSPS) is 13.5. The number of furan rings is 1. The van der Waals surface area contributed by atoms with Crippen LogP contribution in [0.4, 0.5) is 0 Å². The highest BCUT2D eigenvalue weighted by atomic mass is 16.3. The second-order valence-corrected chi connectivity index (χ2v) is 5.77. The molecule has 1 heterocycles. The molecule has 1 aromatic rings. The molecule has 0 bridgehead atoms. The van der Waals surface area contributed by atoms with Gasteiger partial charge in [-0.05, 0) is 63.9 Å². The minimum atomic E-state index is 0.644. The van der Waals surface area contributed by atoms with Crippen molar-refractivity contribution in [3.8, 4) is 0 Å². The summed E-state index contributed by atoms with van der Waals surface area (Å²) in [5.74, 6) is 3.41. The molecule has 0 aliphatic heterocycles. The van der Waals surface area contributed by atoms with E-state index in [0.29, 0.717) is 5.92 Å². The van der Waals surface area contributed by atoms with Crippen LogP contribution in [0.1, 0.15) is 38.2 Å². The molecule has 1 aromatic heterocycles. The summed E-state index contributed by atoms with van der Waals surface area (Å²) in [6, 6.07) is 4.07. The fraction of sp³-hybridized carbons (Fsp3) is 0.733. The fourth-order valence-electron chi connectivity index (χ4n) is 2.32. The van der Waals surface area contributed by atoms with Crippen molar-refractivity contribution < 1.29 is 4.42 Å². The SMILES string of the molecule is Cc1ccc(CN(C)CCC(CN)CC(C)C)o1. The van der Waals surface area contributed by atoms with E-state index < -0.39 is 0 Å². The minimum absolute atomic E-state index is 0.644. The van der Waals surface area contributed by atoms with Crippen LogP contribution >= 0.6 is 0 Å². The van der Waals surface area contributed by atoms with Crippen LogP contribution in [0.5, 0.6) is 0 Å². The predicted molar refractivity (Wildman–Crippen MR) is 76.4 cm³/mol. The van der Waals surface area contributed by atoms with E-state index in [-0.39, 0.29) is 0 Å². The van der Waals surface area contributed by atoms with Crippen LogP contribution in [0.2, 0.25) is 0 Å². The lowest BCUT2D eigenvalue weighted by Gasteiger charge is -2.21. The van der Waals surface area contributed by atoms with E-state index in [0.717, 1.165) is 37.1 Å². The van der Waals surface area contributed by atoms with Crippen LogP contribution in [0.15, 0.2) is 16.5 Å². The van der Waals surface area contributed by atoms with Gasteiger partial charge in [0.2, 0.25) is 0 Å². The Hall–Kier alpha value is -0.800.